The molecule has 0 spiro atoms. The predicted molar refractivity (Wildman–Crippen MR) is 69.4 cm³/mol. The van der Waals surface area contributed by atoms with Gasteiger partial charge in [0.2, 0.25) is 5.91 Å². The van der Waals surface area contributed by atoms with Gasteiger partial charge in [-0.3, -0.25) is 20.4 Å². The molecule has 21 heavy (non-hydrogen) atoms. The van der Waals surface area contributed by atoms with E-state index in [1.54, 1.807) is 19.1 Å². The predicted octanol–water partition coefficient (Wildman–Crippen LogP) is -0.319. The molecule has 1 heterocycles. The Morgan fingerprint density at radius 1 is 1.19 bits per heavy atom. The lowest BCUT2D eigenvalue weighted by molar-refractivity contribution is -0.313. The van der Waals surface area contributed by atoms with Crippen LogP contribution >= 0.6 is 0 Å². The molecule has 1 aromatic rings. The number of hydrazine groups is 1. The van der Waals surface area contributed by atoms with Crippen LogP contribution in [-0.4, -0.2) is 17.8 Å². The van der Waals surface area contributed by atoms with Crippen LogP contribution in [0.25, 0.3) is 0 Å². The fourth-order valence-corrected chi connectivity index (χ4v) is 2.26. The Kier molecular flexibility index (Phi) is 4.42. The van der Waals surface area contributed by atoms with Crippen LogP contribution in [0.4, 0.5) is 0 Å². The van der Waals surface area contributed by atoms with Gasteiger partial charge in [-0.25, -0.2) is 0 Å². The molecule has 1 aliphatic carbocycles. The summed E-state index contributed by atoms with van der Waals surface area (Å²) in [5.74, 6) is -3.56. The van der Waals surface area contributed by atoms with Crippen LogP contribution in [0.2, 0.25) is 0 Å². The molecule has 0 unspecified atom stereocenters. The molecule has 2 N–H and O–H groups in total. The van der Waals surface area contributed by atoms with E-state index in [-0.39, 0.29) is 6.42 Å². The molecule has 0 aliphatic heterocycles. The van der Waals surface area contributed by atoms with Crippen LogP contribution < -0.4 is 16.0 Å². The van der Waals surface area contributed by atoms with Gasteiger partial charge in [0.15, 0.2) is 0 Å². The topological polar surface area (TPSA) is 111 Å². The summed E-state index contributed by atoms with van der Waals surface area (Å²) in [6.07, 6.45) is 5.35. The zero-order valence-electron chi connectivity index (χ0n) is 11.4. The first-order chi connectivity index (χ1) is 10.0. The zero-order chi connectivity index (χ0) is 15.4. The molecule has 0 bridgehead atoms. The minimum atomic E-state index is -1.27. The lowest BCUT2D eigenvalue weighted by atomic mass is 9.82. The van der Waals surface area contributed by atoms with E-state index in [2.05, 4.69) is 10.9 Å². The summed E-state index contributed by atoms with van der Waals surface area (Å²) >= 11 is 0. The van der Waals surface area contributed by atoms with Crippen molar-refractivity contribution in [1.29, 1.82) is 0 Å². The van der Waals surface area contributed by atoms with Crippen molar-refractivity contribution in [3.05, 3.63) is 35.8 Å². The number of aryl methyl sites for hydroxylation is 1. The van der Waals surface area contributed by atoms with Crippen LogP contribution in [0.15, 0.2) is 28.9 Å². The smallest absolute Gasteiger partial charge is 0.273 e. The molecule has 112 valence electrons. The largest absolute Gasteiger partial charge is 0.550 e. The van der Waals surface area contributed by atoms with E-state index >= 15 is 0 Å². The van der Waals surface area contributed by atoms with Crippen molar-refractivity contribution in [2.75, 3.05) is 0 Å². The van der Waals surface area contributed by atoms with E-state index < -0.39 is 29.6 Å². The van der Waals surface area contributed by atoms with Gasteiger partial charge in [-0.1, -0.05) is 12.2 Å². The van der Waals surface area contributed by atoms with E-state index in [0.717, 1.165) is 0 Å². The number of carbonyl (C=O) groups is 3. The number of nitrogens with one attached hydrogen (secondary N) is 2. The van der Waals surface area contributed by atoms with Crippen LogP contribution in [0.3, 0.4) is 0 Å². The van der Waals surface area contributed by atoms with E-state index in [1.807, 2.05) is 0 Å². The minimum absolute atomic E-state index is 0.245. The Morgan fingerprint density at radius 3 is 2.43 bits per heavy atom. The Labute approximate surface area is 121 Å². The summed E-state index contributed by atoms with van der Waals surface area (Å²) < 4.78 is 4.99. The van der Waals surface area contributed by atoms with E-state index in [0.29, 0.717) is 17.7 Å². The third kappa shape index (κ3) is 3.31. The van der Waals surface area contributed by atoms with Gasteiger partial charge in [0.05, 0.1) is 17.7 Å². The van der Waals surface area contributed by atoms with Crippen molar-refractivity contribution in [2.24, 2.45) is 11.8 Å². The number of allylic oxidation sites excluding steroid dienone is 2. The first kappa shape index (κ1) is 14.8. The van der Waals surface area contributed by atoms with Gasteiger partial charge in [-0.05, 0) is 25.8 Å². The van der Waals surface area contributed by atoms with Gasteiger partial charge < -0.3 is 14.3 Å². The fraction of sp³-hybridized carbons (Fsp3) is 0.357. The molecule has 1 aliphatic rings. The SMILES string of the molecule is Cc1occc1C(=O)NNC(=O)[C@@H]1CC=CC[C@@H]1C(=O)[O-]. The van der Waals surface area contributed by atoms with Crippen molar-refractivity contribution >= 4 is 17.8 Å². The highest BCUT2D eigenvalue weighted by Gasteiger charge is 2.30. The van der Waals surface area contributed by atoms with Crippen molar-refractivity contribution < 1.29 is 23.9 Å². The van der Waals surface area contributed by atoms with Crippen LogP contribution in [0.1, 0.15) is 29.0 Å². The van der Waals surface area contributed by atoms with Crippen LogP contribution in [0.5, 0.6) is 0 Å². The number of rotatable bonds is 3. The zero-order valence-corrected chi connectivity index (χ0v) is 11.4. The van der Waals surface area contributed by atoms with Gasteiger partial charge in [-0.15, -0.1) is 0 Å². The monoisotopic (exact) mass is 291 g/mol. The second-order valence-corrected chi connectivity index (χ2v) is 4.81. The van der Waals surface area contributed by atoms with Gasteiger partial charge in [0.1, 0.15) is 5.76 Å². The molecule has 0 saturated carbocycles. The molecule has 2 rings (SSSR count). The third-order valence-corrected chi connectivity index (χ3v) is 3.47. The highest BCUT2D eigenvalue weighted by Crippen LogP contribution is 2.25. The summed E-state index contributed by atoms with van der Waals surface area (Å²) in [5.41, 5.74) is 4.80. The lowest BCUT2D eigenvalue weighted by Crippen LogP contribution is -2.49. The molecular formula is C14H15N2O5-. The van der Waals surface area contributed by atoms with Crippen LogP contribution in [0, 0.1) is 18.8 Å². The molecule has 7 nitrogen and oxygen atoms in total. The van der Waals surface area contributed by atoms with E-state index in [9.17, 15) is 19.5 Å². The Balaban J connectivity index is 1.95. The number of hydrogen-bond donors (Lipinski definition) is 2. The number of carbonyl (C=O) groups excluding carboxylic acids is 3. The van der Waals surface area contributed by atoms with Crippen molar-refractivity contribution in [2.45, 2.75) is 19.8 Å². The van der Waals surface area contributed by atoms with Crippen LogP contribution in [-0.2, 0) is 9.59 Å². The number of carboxylic acids is 1. The maximum atomic E-state index is 12.0. The summed E-state index contributed by atoms with van der Waals surface area (Å²) in [5, 5.41) is 11.0. The molecule has 0 radical (unpaired) electrons. The minimum Gasteiger partial charge on any atom is -0.550 e. The van der Waals surface area contributed by atoms with E-state index in [1.165, 1.54) is 12.3 Å². The van der Waals surface area contributed by atoms with Gasteiger partial charge in [-0.2, -0.15) is 0 Å². The van der Waals surface area contributed by atoms with E-state index in [4.69, 9.17) is 4.42 Å². The average Bonchev–Trinajstić information content (AvgIpc) is 2.90. The maximum Gasteiger partial charge on any atom is 0.273 e. The molecule has 1 aromatic heterocycles. The molecular weight excluding hydrogens is 276 g/mol. The van der Waals surface area contributed by atoms with Crippen molar-refractivity contribution in [3.8, 4) is 0 Å². The highest BCUT2D eigenvalue weighted by atomic mass is 16.4. The highest BCUT2D eigenvalue weighted by molar-refractivity contribution is 5.96. The number of furan rings is 1. The molecule has 0 aromatic carbocycles. The summed E-state index contributed by atoms with van der Waals surface area (Å²) in [7, 11) is 0. The Hall–Kier alpha value is -2.57. The van der Waals surface area contributed by atoms with Gasteiger partial charge in [0.25, 0.3) is 5.91 Å². The molecule has 2 atom stereocenters. The fourth-order valence-electron chi connectivity index (χ4n) is 2.26. The first-order valence-electron chi connectivity index (χ1n) is 6.51. The summed E-state index contributed by atoms with van der Waals surface area (Å²) in [6, 6.07) is 1.48. The molecule has 0 fully saturated rings. The van der Waals surface area contributed by atoms with Crippen molar-refractivity contribution in [3.63, 3.8) is 0 Å². The Bertz CT molecular complexity index is 590. The first-order valence-corrected chi connectivity index (χ1v) is 6.51. The lowest BCUT2D eigenvalue weighted by Gasteiger charge is -2.28. The number of aliphatic carboxylic acids is 1. The summed E-state index contributed by atoms with van der Waals surface area (Å²) in [6.45, 7) is 1.62. The normalized spacial score (nSPS) is 20.8. The van der Waals surface area contributed by atoms with Gasteiger partial charge >= 0.3 is 0 Å². The number of amides is 2. The second kappa shape index (κ2) is 6.25. The summed E-state index contributed by atoms with van der Waals surface area (Å²) in [4.78, 5) is 34.8. The number of hydrogen-bond acceptors (Lipinski definition) is 5. The number of carboxylic acid groups (broad SMARTS) is 1. The standard InChI is InChI=1S/C14H16N2O5/c1-8-9(6-7-21-8)12(17)15-16-13(18)10-4-2-3-5-11(10)14(19)20/h2-3,6-7,10-11H,4-5H2,1H3,(H,15,17)(H,16,18)(H,19,20)/p-1/t10-,11+/m1/s1. The quantitative estimate of drug-likeness (QED) is 0.585. The van der Waals surface area contributed by atoms with Crippen molar-refractivity contribution in [1.82, 2.24) is 10.9 Å². The molecule has 2 amide bonds. The molecule has 7 heteroatoms. The molecule has 0 saturated heterocycles. The second-order valence-electron chi connectivity index (χ2n) is 4.81. The Morgan fingerprint density at radius 2 is 1.86 bits per heavy atom. The average molecular weight is 291 g/mol. The third-order valence-electron chi connectivity index (χ3n) is 3.47. The van der Waals surface area contributed by atoms with Gasteiger partial charge in [0, 0.05) is 11.9 Å². The maximum absolute atomic E-state index is 12.0.